The van der Waals surface area contributed by atoms with E-state index in [2.05, 4.69) is 21.2 Å². The van der Waals surface area contributed by atoms with Crippen molar-refractivity contribution in [2.24, 2.45) is 5.92 Å². The van der Waals surface area contributed by atoms with E-state index in [0.717, 1.165) is 21.3 Å². The molecule has 0 saturated heterocycles. The smallest absolute Gasteiger partial charge is 0.339 e. The molecule has 0 spiro atoms. The van der Waals surface area contributed by atoms with Crippen LogP contribution in [0.15, 0.2) is 52.3 Å². The first-order valence-corrected chi connectivity index (χ1v) is 10.8. The van der Waals surface area contributed by atoms with Gasteiger partial charge in [0.15, 0.2) is 0 Å². The quantitative estimate of drug-likeness (QED) is 0.524. The topological polar surface area (TPSA) is 84.9 Å². The molecule has 30 heavy (non-hydrogen) atoms. The second-order valence-corrected chi connectivity index (χ2v) is 8.64. The maximum atomic E-state index is 12.9. The molecule has 154 valence electrons. The van der Waals surface area contributed by atoms with E-state index >= 15 is 0 Å². The summed E-state index contributed by atoms with van der Waals surface area (Å²) >= 11 is 4.67. The van der Waals surface area contributed by atoms with Gasteiger partial charge >= 0.3 is 5.97 Å². The summed E-state index contributed by atoms with van der Waals surface area (Å²) in [4.78, 5) is 25.4. The van der Waals surface area contributed by atoms with Crippen molar-refractivity contribution in [2.75, 3.05) is 19.0 Å². The van der Waals surface area contributed by atoms with Gasteiger partial charge in [-0.25, -0.2) is 4.79 Å². The molecule has 8 heteroatoms. The van der Waals surface area contributed by atoms with Crippen LogP contribution in [-0.2, 0) is 11.2 Å². The Morgan fingerprint density at radius 3 is 2.70 bits per heavy atom. The molecule has 0 bridgehead atoms. The lowest BCUT2D eigenvalue weighted by Gasteiger charge is -2.25. The average Bonchev–Trinajstić information content (AvgIpc) is 3.17. The van der Waals surface area contributed by atoms with Crippen LogP contribution in [0.4, 0.5) is 5.69 Å². The van der Waals surface area contributed by atoms with Gasteiger partial charge in [-0.1, -0.05) is 28.1 Å². The molecular formula is C22H18BrNO5S. The van der Waals surface area contributed by atoms with Crippen molar-refractivity contribution >= 4 is 44.8 Å². The summed E-state index contributed by atoms with van der Waals surface area (Å²) in [5.41, 5.74) is 2.06. The number of anilines is 1. The number of carbonyl (C=O) groups is 2. The van der Waals surface area contributed by atoms with E-state index < -0.39 is 11.9 Å². The highest BCUT2D eigenvalue weighted by Gasteiger charge is 2.28. The molecule has 2 heterocycles. The Balaban J connectivity index is 1.56. The largest absolute Gasteiger partial charge is 0.497 e. The fourth-order valence-electron chi connectivity index (χ4n) is 3.38. The number of rotatable bonds is 5. The minimum atomic E-state index is -1.08. The van der Waals surface area contributed by atoms with Crippen LogP contribution in [0.1, 0.15) is 15.9 Å². The number of fused-ring (bicyclic) bond motifs is 1. The maximum Gasteiger partial charge on any atom is 0.339 e. The van der Waals surface area contributed by atoms with Gasteiger partial charge in [0, 0.05) is 9.85 Å². The number of carboxylic acid groups (broad SMARTS) is 1. The average molecular weight is 488 g/mol. The van der Waals surface area contributed by atoms with Gasteiger partial charge < -0.3 is 19.9 Å². The third-order valence-electron chi connectivity index (χ3n) is 4.91. The van der Waals surface area contributed by atoms with Crippen LogP contribution in [0.5, 0.6) is 11.5 Å². The van der Waals surface area contributed by atoms with Crippen molar-refractivity contribution < 1.29 is 24.2 Å². The molecule has 2 aromatic carbocycles. The first-order chi connectivity index (χ1) is 14.5. The predicted molar refractivity (Wildman–Crippen MR) is 119 cm³/mol. The highest BCUT2D eigenvalue weighted by Crippen LogP contribution is 2.37. The standard InChI is InChI=1S/C22H18BrNO5S/c1-28-16-6-7-18-13(9-16)8-14(10-29-18)21(25)24-17-11-30-20(19(17)22(26)27)12-2-4-15(23)5-3-12/h2-7,9,11,14H,8,10H2,1H3,(H,24,25)(H,26,27). The van der Waals surface area contributed by atoms with E-state index in [1.165, 1.54) is 11.3 Å². The molecule has 1 aliphatic rings. The van der Waals surface area contributed by atoms with Gasteiger partial charge in [-0.05, 0) is 47.9 Å². The summed E-state index contributed by atoms with van der Waals surface area (Å²) in [5.74, 6) is -0.351. The minimum absolute atomic E-state index is 0.0921. The molecule has 1 aliphatic heterocycles. The van der Waals surface area contributed by atoms with E-state index in [1.807, 2.05) is 42.5 Å². The van der Waals surface area contributed by atoms with E-state index in [4.69, 9.17) is 9.47 Å². The summed E-state index contributed by atoms with van der Waals surface area (Å²) in [6.07, 6.45) is 0.491. The second-order valence-electron chi connectivity index (χ2n) is 6.84. The number of methoxy groups -OCH3 is 1. The van der Waals surface area contributed by atoms with Crippen LogP contribution < -0.4 is 14.8 Å². The number of hydrogen-bond donors (Lipinski definition) is 2. The molecule has 4 rings (SSSR count). The Labute approximate surface area is 185 Å². The van der Waals surface area contributed by atoms with Gasteiger partial charge in [-0.3, -0.25) is 4.79 Å². The Morgan fingerprint density at radius 1 is 1.23 bits per heavy atom. The van der Waals surface area contributed by atoms with E-state index in [0.29, 0.717) is 22.7 Å². The number of hydrogen-bond acceptors (Lipinski definition) is 5. The van der Waals surface area contributed by atoms with Crippen molar-refractivity contribution in [3.8, 4) is 21.9 Å². The molecule has 0 fully saturated rings. The van der Waals surface area contributed by atoms with E-state index in [-0.39, 0.29) is 18.1 Å². The molecule has 6 nitrogen and oxygen atoms in total. The van der Waals surface area contributed by atoms with Crippen molar-refractivity contribution in [3.05, 3.63) is 63.4 Å². The van der Waals surface area contributed by atoms with Gasteiger partial charge in [0.25, 0.3) is 0 Å². The number of nitrogens with one attached hydrogen (secondary N) is 1. The summed E-state index contributed by atoms with van der Waals surface area (Å²) in [5, 5.41) is 14.2. The van der Waals surface area contributed by atoms with Gasteiger partial charge in [0.2, 0.25) is 5.91 Å². The molecule has 0 radical (unpaired) electrons. The first-order valence-electron chi connectivity index (χ1n) is 9.17. The zero-order chi connectivity index (χ0) is 21.3. The molecule has 1 aromatic heterocycles. The normalized spacial score (nSPS) is 15.1. The zero-order valence-electron chi connectivity index (χ0n) is 16.0. The molecular weight excluding hydrogens is 470 g/mol. The fourth-order valence-corrected chi connectivity index (χ4v) is 4.64. The molecule has 0 aliphatic carbocycles. The van der Waals surface area contributed by atoms with Crippen LogP contribution in [0, 0.1) is 5.92 Å². The van der Waals surface area contributed by atoms with Crippen molar-refractivity contribution in [2.45, 2.75) is 6.42 Å². The number of benzene rings is 2. The summed E-state index contributed by atoms with van der Waals surface area (Å²) in [6, 6.07) is 12.9. The van der Waals surface area contributed by atoms with Crippen LogP contribution in [0.3, 0.4) is 0 Å². The number of halogens is 1. The second kappa shape index (κ2) is 8.49. The number of carbonyl (C=O) groups excluding carboxylic acids is 1. The van der Waals surface area contributed by atoms with Crippen LogP contribution in [0.2, 0.25) is 0 Å². The van der Waals surface area contributed by atoms with E-state index in [1.54, 1.807) is 12.5 Å². The van der Waals surface area contributed by atoms with Crippen LogP contribution in [0.25, 0.3) is 10.4 Å². The van der Waals surface area contributed by atoms with Gasteiger partial charge in [0.05, 0.1) is 23.6 Å². The van der Waals surface area contributed by atoms with Crippen LogP contribution >= 0.6 is 27.3 Å². The first kappa shape index (κ1) is 20.4. The third-order valence-corrected chi connectivity index (χ3v) is 6.47. The van der Waals surface area contributed by atoms with Crippen molar-refractivity contribution in [3.63, 3.8) is 0 Å². The monoisotopic (exact) mass is 487 g/mol. The van der Waals surface area contributed by atoms with Gasteiger partial charge in [0.1, 0.15) is 23.7 Å². The Bertz CT molecular complexity index is 1110. The zero-order valence-corrected chi connectivity index (χ0v) is 18.4. The molecule has 0 saturated carbocycles. The Kier molecular flexibility index (Phi) is 5.78. The van der Waals surface area contributed by atoms with Gasteiger partial charge in [-0.2, -0.15) is 0 Å². The Morgan fingerprint density at radius 2 is 2.00 bits per heavy atom. The minimum Gasteiger partial charge on any atom is -0.497 e. The lowest BCUT2D eigenvalue weighted by molar-refractivity contribution is -0.121. The highest BCUT2D eigenvalue weighted by molar-refractivity contribution is 9.10. The lowest BCUT2D eigenvalue weighted by Crippen LogP contribution is -2.32. The molecule has 1 atom stereocenters. The predicted octanol–water partition coefficient (Wildman–Crippen LogP) is 5.07. The van der Waals surface area contributed by atoms with E-state index in [9.17, 15) is 14.7 Å². The molecule has 1 amide bonds. The molecule has 3 aromatic rings. The lowest BCUT2D eigenvalue weighted by atomic mass is 9.95. The Hall–Kier alpha value is -2.84. The van der Waals surface area contributed by atoms with Crippen molar-refractivity contribution in [1.29, 1.82) is 0 Å². The molecule has 2 N–H and O–H groups in total. The van der Waals surface area contributed by atoms with Crippen LogP contribution in [-0.4, -0.2) is 30.7 Å². The van der Waals surface area contributed by atoms with Crippen molar-refractivity contribution in [1.82, 2.24) is 0 Å². The number of ether oxygens (including phenoxy) is 2. The summed E-state index contributed by atoms with van der Waals surface area (Å²) < 4.78 is 11.9. The SMILES string of the molecule is COc1ccc2c(c1)CC(C(=O)Nc1csc(-c3ccc(Br)cc3)c1C(=O)O)CO2. The summed E-state index contributed by atoms with van der Waals surface area (Å²) in [6.45, 7) is 0.233. The number of carboxylic acids is 1. The third kappa shape index (κ3) is 4.06. The molecule has 1 unspecified atom stereocenters. The number of aromatic carboxylic acids is 1. The number of thiophene rings is 1. The summed E-state index contributed by atoms with van der Waals surface area (Å²) in [7, 11) is 1.59. The van der Waals surface area contributed by atoms with Gasteiger partial charge in [-0.15, -0.1) is 11.3 Å². The number of amides is 1. The highest BCUT2D eigenvalue weighted by atomic mass is 79.9. The fraction of sp³-hybridized carbons (Fsp3) is 0.182. The maximum absolute atomic E-state index is 12.9.